The first-order valence-electron chi connectivity index (χ1n) is 10.4. The second-order valence-corrected chi connectivity index (χ2v) is 9.33. The van der Waals surface area contributed by atoms with Crippen LogP contribution in [0.3, 0.4) is 0 Å². The van der Waals surface area contributed by atoms with E-state index in [1.54, 1.807) is 29.2 Å². The first-order chi connectivity index (χ1) is 15.5. The lowest BCUT2D eigenvalue weighted by molar-refractivity contribution is -0.122. The number of nitrogens with zero attached hydrogens (tertiary/aromatic N) is 1. The van der Waals surface area contributed by atoms with Crippen molar-refractivity contribution in [3.63, 3.8) is 0 Å². The maximum Gasteiger partial charge on any atom is 0.266 e. The Morgan fingerprint density at radius 2 is 1.69 bits per heavy atom. The van der Waals surface area contributed by atoms with Crippen molar-refractivity contribution in [1.29, 1.82) is 0 Å². The van der Waals surface area contributed by atoms with Crippen molar-refractivity contribution in [3.05, 3.63) is 95.6 Å². The van der Waals surface area contributed by atoms with E-state index in [0.717, 1.165) is 11.1 Å². The number of anilines is 2. The maximum atomic E-state index is 13.1. The van der Waals surface area contributed by atoms with Gasteiger partial charge in [-0.15, -0.1) is 11.8 Å². The largest absolute Gasteiger partial charge is 0.348 e. The number of fused-ring (bicyclic) bond motifs is 2. The third-order valence-electron chi connectivity index (χ3n) is 5.76. The van der Waals surface area contributed by atoms with Crippen molar-refractivity contribution in [1.82, 2.24) is 5.32 Å². The van der Waals surface area contributed by atoms with Crippen LogP contribution in [0.25, 0.3) is 0 Å². The van der Waals surface area contributed by atoms with Gasteiger partial charge in [0.15, 0.2) is 0 Å². The van der Waals surface area contributed by atoms with Gasteiger partial charge in [0, 0.05) is 29.0 Å². The fraction of sp³-hybridized carbons (Fsp3) is 0.160. The summed E-state index contributed by atoms with van der Waals surface area (Å²) in [5, 5.41) is 5.44. The summed E-state index contributed by atoms with van der Waals surface area (Å²) < 4.78 is 0. The Balaban J connectivity index is 1.43. The predicted octanol–water partition coefficient (Wildman–Crippen LogP) is 3.89. The van der Waals surface area contributed by atoms with Crippen molar-refractivity contribution >= 4 is 40.9 Å². The van der Waals surface area contributed by atoms with Gasteiger partial charge in [0.1, 0.15) is 0 Å². The van der Waals surface area contributed by atoms with Crippen LogP contribution in [0.1, 0.15) is 28.4 Å². The highest BCUT2D eigenvalue weighted by Gasteiger charge is 2.60. The van der Waals surface area contributed by atoms with E-state index in [1.165, 1.54) is 11.8 Å². The van der Waals surface area contributed by atoms with Crippen LogP contribution < -0.4 is 15.5 Å². The summed E-state index contributed by atoms with van der Waals surface area (Å²) in [7, 11) is 0. The van der Waals surface area contributed by atoms with Crippen LogP contribution in [0.5, 0.6) is 0 Å². The molecule has 160 valence electrons. The van der Waals surface area contributed by atoms with Crippen molar-refractivity contribution < 1.29 is 14.4 Å². The van der Waals surface area contributed by atoms with Gasteiger partial charge in [-0.25, -0.2) is 0 Å². The Hall–Kier alpha value is -3.58. The summed E-state index contributed by atoms with van der Waals surface area (Å²) in [5.41, 5.74) is 3.57. The van der Waals surface area contributed by atoms with Crippen molar-refractivity contribution in [3.8, 4) is 0 Å². The van der Waals surface area contributed by atoms with Crippen LogP contribution in [0.2, 0.25) is 0 Å². The van der Waals surface area contributed by atoms with E-state index in [-0.39, 0.29) is 23.0 Å². The SMILES string of the molecule is C[C@@H]1S[C@]2(C(=O)Nc3ccccc32)N(c2ccc(C(=O)NCc3ccccc3)cc2)C1=O. The molecule has 0 radical (unpaired) electrons. The van der Waals surface area contributed by atoms with Gasteiger partial charge in [0.05, 0.1) is 5.25 Å². The summed E-state index contributed by atoms with van der Waals surface area (Å²) in [6.07, 6.45) is 0. The van der Waals surface area contributed by atoms with E-state index in [4.69, 9.17) is 0 Å². The van der Waals surface area contributed by atoms with Crippen LogP contribution >= 0.6 is 11.8 Å². The molecule has 3 aromatic carbocycles. The first-order valence-corrected chi connectivity index (χ1v) is 11.2. The van der Waals surface area contributed by atoms with E-state index < -0.39 is 4.87 Å². The molecule has 1 saturated heterocycles. The van der Waals surface area contributed by atoms with Gasteiger partial charge in [0.2, 0.25) is 10.8 Å². The Kier molecular flexibility index (Phi) is 4.98. The topological polar surface area (TPSA) is 78.5 Å². The Bertz CT molecular complexity index is 1210. The fourth-order valence-electron chi connectivity index (χ4n) is 4.20. The molecule has 1 spiro atoms. The lowest BCUT2D eigenvalue weighted by atomic mass is 10.0. The molecule has 0 aliphatic carbocycles. The second kappa shape index (κ2) is 7.84. The molecule has 7 heteroatoms. The van der Waals surface area contributed by atoms with E-state index in [2.05, 4.69) is 10.6 Å². The number of para-hydroxylation sites is 1. The van der Waals surface area contributed by atoms with Crippen LogP contribution in [0, 0.1) is 0 Å². The minimum atomic E-state index is -1.15. The Labute approximate surface area is 190 Å². The quantitative estimate of drug-likeness (QED) is 0.641. The van der Waals surface area contributed by atoms with Crippen LogP contribution in [-0.4, -0.2) is 23.0 Å². The van der Waals surface area contributed by atoms with Crippen molar-refractivity contribution in [2.75, 3.05) is 10.2 Å². The van der Waals surface area contributed by atoms with Crippen molar-refractivity contribution in [2.45, 2.75) is 23.6 Å². The molecule has 5 rings (SSSR count). The molecular formula is C25H21N3O3S. The zero-order valence-corrected chi connectivity index (χ0v) is 18.2. The molecule has 2 aliphatic heterocycles. The van der Waals surface area contributed by atoms with Crippen molar-refractivity contribution in [2.24, 2.45) is 0 Å². The van der Waals surface area contributed by atoms with E-state index in [1.807, 2.05) is 61.5 Å². The molecule has 1 fully saturated rings. The summed E-state index contributed by atoms with van der Waals surface area (Å²) in [4.78, 5) is 39.3. The molecule has 0 aromatic heterocycles. The summed E-state index contributed by atoms with van der Waals surface area (Å²) >= 11 is 1.34. The summed E-state index contributed by atoms with van der Waals surface area (Å²) in [6.45, 7) is 2.24. The Morgan fingerprint density at radius 1 is 1.00 bits per heavy atom. The molecule has 3 aromatic rings. The molecule has 32 heavy (non-hydrogen) atoms. The van der Waals surface area contributed by atoms with E-state index in [9.17, 15) is 14.4 Å². The third-order valence-corrected chi connectivity index (χ3v) is 7.25. The zero-order chi connectivity index (χ0) is 22.3. The Morgan fingerprint density at radius 3 is 2.44 bits per heavy atom. The number of hydrogen-bond acceptors (Lipinski definition) is 4. The van der Waals surface area contributed by atoms with E-state index in [0.29, 0.717) is 23.5 Å². The number of benzene rings is 3. The molecule has 3 amide bonds. The zero-order valence-electron chi connectivity index (χ0n) is 17.4. The number of nitrogens with one attached hydrogen (secondary N) is 2. The first kappa shape index (κ1) is 20.3. The lowest BCUT2D eigenvalue weighted by Gasteiger charge is -2.32. The number of hydrogen-bond donors (Lipinski definition) is 2. The minimum Gasteiger partial charge on any atom is -0.348 e. The number of thioether (sulfide) groups is 1. The van der Waals surface area contributed by atoms with Gasteiger partial charge in [0.25, 0.3) is 11.8 Å². The van der Waals surface area contributed by atoms with Gasteiger partial charge in [-0.2, -0.15) is 0 Å². The summed E-state index contributed by atoms with van der Waals surface area (Å²) in [5.74, 6) is -0.566. The van der Waals surface area contributed by atoms with Crippen LogP contribution in [0.15, 0.2) is 78.9 Å². The van der Waals surface area contributed by atoms with Crippen LogP contribution in [-0.2, 0) is 21.0 Å². The average Bonchev–Trinajstić information content (AvgIpc) is 3.25. The highest BCUT2D eigenvalue weighted by atomic mass is 32.2. The normalized spacial score (nSPS) is 21.5. The number of carbonyl (C=O) groups is 3. The molecular weight excluding hydrogens is 422 g/mol. The molecule has 0 bridgehead atoms. The average molecular weight is 444 g/mol. The maximum absolute atomic E-state index is 13.1. The fourth-order valence-corrected chi connectivity index (χ4v) is 5.68. The molecule has 2 atom stereocenters. The highest BCUT2D eigenvalue weighted by molar-refractivity contribution is 8.03. The molecule has 6 nitrogen and oxygen atoms in total. The van der Waals surface area contributed by atoms with Gasteiger partial charge >= 0.3 is 0 Å². The smallest absolute Gasteiger partial charge is 0.266 e. The molecule has 0 unspecified atom stereocenters. The highest BCUT2D eigenvalue weighted by Crippen LogP contribution is 2.55. The number of amides is 3. The minimum absolute atomic E-state index is 0.136. The molecule has 2 aliphatic rings. The number of carbonyl (C=O) groups excluding carboxylic acids is 3. The van der Waals surface area contributed by atoms with Gasteiger partial charge in [-0.3, -0.25) is 19.3 Å². The molecule has 0 saturated carbocycles. The van der Waals surface area contributed by atoms with Gasteiger partial charge in [-0.05, 0) is 42.8 Å². The molecule has 2 N–H and O–H groups in total. The van der Waals surface area contributed by atoms with E-state index >= 15 is 0 Å². The summed E-state index contributed by atoms with van der Waals surface area (Å²) in [6, 6.07) is 23.9. The second-order valence-electron chi connectivity index (χ2n) is 7.79. The molecule has 2 heterocycles. The third kappa shape index (κ3) is 3.17. The van der Waals surface area contributed by atoms with Crippen LogP contribution in [0.4, 0.5) is 11.4 Å². The predicted molar refractivity (Wildman–Crippen MR) is 125 cm³/mol. The lowest BCUT2D eigenvalue weighted by Crippen LogP contribution is -2.47. The van der Waals surface area contributed by atoms with Gasteiger partial charge in [-0.1, -0.05) is 48.5 Å². The van der Waals surface area contributed by atoms with Gasteiger partial charge < -0.3 is 10.6 Å². The monoisotopic (exact) mass is 443 g/mol. The number of rotatable bonds is 4. The standard InChI is InChI=1S/C25H21N3O3S/c1-16-23(30)28(25(32-16)20-9-5-6-10-21(20)27-24(25)31)19-13-11-18(12-14-19)22(29)26-15-17-7-3-2-4-8-17/h2-14,16H,15H2,1H3,(H,26,29)(H,27,31)/t16-,25+/m0/s1.